The number of hydrogen-bond acceptors (Lipinski definition) is 4. The summed E-state index contributed by atoms with van der Waals surface area (Å²) < 4.78 is 5.21. The zero-order valence-electron chi connectivity index (χ0n) is 13.6. The lowest BCUT2D eigenvalue weighted by Gasteiger charge is -2.11. The van der Waals surface area contributed by atoms with Crippen molar-refractivity contribution in [3.8, 4) is 11.8 Å². The molecule has 7 heteroatoms. The summed E-state index contributed by atoms with van der Waals surface area (Å²) in [7, 11) is 1.51. The van der Waals surface area contributed by atoms with Crippen LogP contribution in [0.3, 0.4) is 0 Å². The lowest BCUT2D eigenvalue weighted by atomic mass is 10.2. The second-order valence-corrected chi connectivity index (χ2v) is 6.00. The fraction of sp³-hybridized carbons (Fsp3) is 0.111. The van der Waals surface area contributed by atoms with E-state index >= 15 is 0 Å². The number of amides is 1. The van der Waals surface area contributed by atoms with Gasteiger partial charge in [0, 0.05) is 21.9 Å². The Morgan fingerprint density at radius 2 is 1.88 bits per heavy atom. The Bertz CT molecular complexity index is 853. The van der Waals surface area contributed by atoms with Gasteiger partial charge in [0.05, 0.1) is 12.8 Å². The van der Waals surface area contributed by atoms with Gasteiger partial charge in [-0.25, -0.2) is 0 Å². The van der Waals surface area contributed by atoms with Crippen LogP contribution in [0.15, 0.2) is 48.2 Å². The third-order valence-electron chi connectivity index (χ3n) is 3.21. The molecule has 0 aliphatic rings. The minimum atomic E-state index is -0.563. The van der Waals surface area contributed by atoms with Gasteiger partial charge in [0.2, 0.25) is 0 Å². The summed E-state index contributed by atoms with van der Waals surface area (Å²) >= 11 is 11.8. The average Bonchev–Trinajstić information content (AvgIpc) is 2.54. The van der Waals surface area contributed by atoms with E-state index in [0.717, 1.165) is 5.56 Å². The molecule has 0 aliphatic heterocycles. The first-order chi connectivity index (χ1) is 11.9. The van der Waals surface area contributed by atoms with Gasteiger partial charge in [-0.2, -0.15) is 5.26 Å². The SMILES string of the molecule is COc1ccc(C)cc1NC(=O)/C(C#N)=C\Nc1cc(Cl)cc(Cl)c1. The van der Waals surface area contributed by atoms with E-state index in [0.29, 0.717) is 27.2 Å². The molecule has 2 rings (SSSR count). The van der Waals surface area contributed by atoms with Crippen LogP contribution in [-0.4, -0.2) is 13.0 Å². The molecule has 0 fully saturated rings. The Balaban J connectivity index is 2.18. The van der Waals surface area contributed by atoms with E-state index in [2.05, 4.69) is 10.6 Å². The number of nitrogens with one attached hydrogen (secondary N) is 2. The number of methoxy groups -OCH3 is 1. The number of nitrogens with zero attached hydrogens (tertiary/aromatic N) is 1. The second kappa shape index (κ2) is 8.43. The molecule has 0 saturated heterocycles. The molecule has 2 aromatic carbocycles. The van der Waals surface area contributed by atoms with Gasteiger partial charge in [-0.3, -0.25) is 4.79 Å². The standard InChI is InChI=1S/C18H15Cl2N3O2/c1-11-3-4-17(25-2)16(5-11)23-18(24)12(9-21)10-22-15-7-13(19)6-14(20)8-15/h3-8,10,22H,1-2H3,(H,23,24)/b12-10-. The van der Waals surface area contributed by atoms with Gasteiger partial charge in [-0.1, -0.05) is 29.3 Å². The van der Waals surface area contributed by atoms with Crippen molar-refractivity contribution in [2.75, 3.05) is 17.7 Å². The zero-order chi connectivity index (χ0) is 18.4. The van der Waals surface area contributed by atoms with Crippen LogP contribution < -0.4 is 15.4 Å². The van der Waals surface area contributed by atoms with Crippen molar-refractivity contribution in [1.82, 2.24) is 0 Å². The number of carbonyl (C=O) groups excluding carboxylic acids is 1. The van der Waals surface area contributed by atoms with Gasteiger partial charge < -0.3 is 15.4 Å². The molecule has 2 aromatic rings. The number of nitriles is 1. The summed E-state index contributed by atoms with van der Waals surface area (Å²) in [5.41, 5.74) is 1.88. The average molecular weight is 376 g/mol. The number of halogens is 2. The first-order valence-electron chi connectivity index (χ1n) is 7.22. The molecule has 128 valence electrons. The maximum absolute atomic E-state index is 12.3. The fourth-order valence-electron chi connectivity index (χ4n) is 2.05. The number of aryl methyl sites for hydroxylation is 1. The third-order valence-corrected chi connectivity index (χ3v) is 3.65. The van der Waals surface area contributed by atoms with Crippen molar-refractivity contribution in [3.05, 3.63) is 63.8 Å². The van der Waals surface area contributed by atoms with Gasteiger partial charge in [0.25, 0.3) is 5.91 Å². The predicted molar refractivity (Wildman–Crippen MR) is 100 cm³/mol. The van der Waals surface area contributed by atoms with E-state index in [1.54, 1.807) is 30.3 Å². The monoisotopic (exact) mass is 375 g/mol. The number of ether oxygens (including phenoxy) is 1. The smallest absolute Gasteiger partial charge is 0.267 e. The van der Waals surface area contributed by atoms with Crippen molar-refractivity contribution in [2.45, 2.75) is 6.92 Å². The van der Waals surface area contributed by atoms with Crippen molar-refractivity contribution < 1.29 is 9.53 Å². The van der Waals surface area contributed by atoms with Gasteiger partial charge in [-0.05, 0) is 42.8 Å². The Morgan fingerprint density at radius 3 is 2.48 bits per heavy atom. The lowest BCUT2D eigenvalue weighted by Crippen LogP contribution is -2.15. The molecule has 25 heavy (non-hydrogen) atoms. The van der Waals surface area contributed by atoms with Crippen LogP contribution in [-0.2, 0) is 4.79 Å². The topological polar surface area (TPSA) is 74.1 Å². The van der Waals surface area contributed by atoms with Gasteiger partial charge in [0.1, 0.15) is 17.4 Å². The van der Waals surface area contributed by atoms with Gasteiger partial charge >= 0.3 is 0 Å². The van der Waals surface area contributed by atoms with E-state index in [1.807, 2.05) is 19.1 Å². The molecule has 5 nitrogen and oxygen atoms in total. The van der Waals surface area contributed by atoms with Crippen LogP contribution in [0.25, 0.3) is 0 Å². The Kier molecular flexibility index (Phi) is 6.29. The second-order valence-electron chi connectivity index (χ2n) is 5.13. The highest BCUT2D eigenvalue weighted by atomic mass is 35.5. The summed E-state index contributed by atoms with van der Waals surface area (Å²) in [6.45, 7) is 1.89. The molecule has 0 saturated carbocycles. The van der Waals surface area contributed by atoms with E-state index < -0.39 is 5.91 Å². The summed E-state index contributed by atoms with van der Waals surface area (Å²) in [5.74, 6) is -0.0575. The molecular weight excluding hydrogens is 361 g/mol. The molecular formula is C18H15Cl2N3O2. The van der Waals surface area contributed by atoms with Crippen LogP contribution in [0.4, 0.5) is 11.4 Å². The number of hydrogen-bond donors (Lipinski definition) is 2. The van der Waals surface area contributed by atoms with E-state index in [4.69, 9.17) is 27.9 Å². The van der Waals surface area contributed by atoms with E-state index in [1.165, 1.54) is 13.3 Å². The number of carbonyl (C=O) groups is 1. The molecule has 0 spiro atoms. The maximum atomic E-state index is 12.3. The summed E-state index contributed by atoms with van der Waals surface area (Å²) in [6.07, 6.45) is 1.29. The normalized spacial score (nSPS) is 10.8. The van der Waals surface area contributed by atoms with Gasteiger partial charge in [0.15, 0.2) is 0 Å². The summed E-state index contributed by atoms with van der Waals surface area (Å²) in [5, 5.41) is 15.6. The minimum Gasteiger partial charge on any atom is -0.495 e. The number of rotatable bonds is 5. The Labute approximate surface area is 155 Å². The van der Waals surface area contributed by atoms with Crippen LogP contribution in [0.2, 0.25) is 10.0 Å². The largest absolute Gasteiger partial charge is 0.495 e. The molecule has 0 aromatic heterocycles. The highest BCUT2D eigenvalue weighted by Crippen LogP contribution is 2.26. The highest BCUT2D eigenvalue weighted by Gasteiger charge is 2.12. The fourth-order valence-corrected chi connectivity index (χ4v) is 2.58. The van der Waals surface area contributed by atoms with Crippen molar-refractivity contribution in [3.63, 3.8) is 0 Å². The summed E-state index contributed by atoms with van der Waals surface area (Å²) in [4.78, 5) is 12.3. The van der Waals surface area contributed by atoms with Crippen molar-refractivity contribution in [2.24, 2.45) is 0 Å². The molecule has 0 heterocycles. The summed E-state index contributed by atoms with van der Waals surface area (Å²) in [6, 6.07) is 12.1. The molecule has 2 N–H and O–H groups in total. The molecule has 1 amide bonds. The molecule has 0 unspecified atom stereocenters. The van der Waals surface area contributed by atoms with Crippen LogP contribution in [0, 0.1) is 18.3 Å². The van der Waals surface area contributed by atoms with Crippen LogP contribution in [0.5, 0.6) is 5.75 Å². The zero-order valence-corrected chi connectivity index (χ0v) is 15.1. The van der Waals surface area contributed by atoms with E-state index in [9.17, 15) is 10.1 Å². The molecule has 0 atom stereocenters. The lowest BCUT2D eigenvalue weighted by molar-refractivity contribution is -0.112. The van der Waals surface area contributed by atoms with E-state index in [-0.39, 0.29) is 5.57 Å². The number of benzene rings is 2. The molecule has 0 radical (unpaired) electrons. The van der Waals surface area contributed by atoms with Crippen LogP contribution >= 0.6 is 23.2 Å². The quantitative estimate of drug-likeness (QED) is 0.582. The molecule has 0 aliphatic carbocycles. The number of anilines is 2. The first kappa shape index (κ1) is 18.7. The predicted octanol–water partition coefficient (Wildman–Crippen LogP) is 4.77. The Hall–Kier alpha value is -2.68. The third kappa shape index (κ3) is 5.15. The maximum Gasteiger partial charge on any atom is 0.267 e. The Morgan fingerprint density at radius 1 is 1.20 bits per heavy atom. The first-order valence-corrected chi connectivity index (χ1v) is 7.97. The van der Waals surface area contributed by atoms with Crippen LogP contribution in [0.1, 0.15) is 5.56 Å². The van der Waals surface area contributed by atoms with Crippen molar-refractivity contribution >= 4 is 40.5 Å². The minimum absolute atomic E-state index is 0.111. The van der Waals surface area contributed by atoms with Gasteiger partial charge in [-0.15, -0.1) is 0 Å². The molecule has 0 bridgehead atoms. The van der Waals surface area contributed by atoms with Crippen molar-refractivity contribution in [1.29, 1.82) is 5.26 Å². The highest BCUT2D eigenvalue weighted by molar-refractivity contribution is 6.35.